The zero-order chi connectivity index (χ0) is 20.7. The van der Waals surface area contributed by atoms with E-state index >= 15 is 0 Å². The number of carbonyl (C=O) groups excluding carboxylic acids is 1. The van der Waals surface area contributed by atoms with E-state index in [-0.39, 0.29) is 17.3 Å². The van der Waals surface area contributed by atoms with Crippen LogP contribution in [0.1, 0.15) is 21.7 Å². The summed E-state index contributed by atoms with van der Waals surface area (Å²) in [5.74, 6) is 1.04. The fourth-order valence-electron chi connectivity index (χ4n) is 2.52. The van der Waals surface area contributed by atoms with E-state index in [1.165, 1.54) is 36.1 Å². The van der Waals surface area contributed by atoms with Gasteiger partial charge < -0.3 is 9.73 Å². The highest BCUT2D eigenvalue weighted by Crippen LogP contribution is 2.17. The summed E-state index contributed by atoms with van der Waals surface area (Å²) in [6.45, 7) is 2.62. The molecule has 3 rings (SSSR count). The molecule has 0 radical (unpaired) electrons. The largest absolute Gasteiger partial charge is 0.468 e. The van der Waals surface area contributed by atoms with Crippen molar-refractivity contribution in [2.24, 2.45) is 0 Å². The Labute approximate surface area is 174 Å². The monoisotopic (exact) mass is 430 g/mol. The van der Waals surface area contributed by atoms with Crippen LogP contribution < -0.4 is 10.0 Å². The van der Waals surface area contributed by atoms with Crippen LogP contribution in [0.25, 0.3) is 0 Å². The normalized spacial score (nSPS) is 11.3. The average molecular weight is 431 g/mol. The predicted octanol–water partition coefficient (Wildman–Crippen LogP) is 3.59. The van der Waals surface area contributed by atoms with E-state index < -0.39 is 10.0 Å². The number of furan rings is 1. The molecule has 29 heavy (non-hydrogen) atoms. The lowest BCUT2D eigenvalue weighted by molar-refractivity contribution is 0.0956. The number of hydrogen-bond acceptors (Lipinski definition) is 5. The van der Waals surface area contributed by atoms with E-state index in [1.54, 1.807) is 23.9 Å². The van der Waals surface area contributed by atoms with Gasteiger partial charge in [-0.3, -0.25) is 4.79 Å². The molecule has 2 aromatic carbocycles. The van der Waals surface area contributed by atoms with Crippen molar-refractivity contribution < 1.29 is 17.6 Å². The van der Waals surface area contributed by atoms with Crippen LogP contribution in [0.3, 0.4) is 0 Å². The maximum atomic E-state index is 12.3. The van der Waals surface area contributed by atoms with Crippen LogP contribution in [-0.2, 0) is 16.6 Å². The molecule has 0 aliphatic carbocycles. The van der Waals surface area contributed by atoms with E-state index in [2.05, 4.69) is 34.3 Å². The maximum absolute atomic E-state index is 12.3. The number of benzene rings is 2. The molecule has 1 amide bonds. The van der Waals surface area contributed by atoms with Gasteiger partial charge in [0.15, 0.2) is 0 Å². The molecule has 0 spiro atoms. The van der Waals surface area contributed by atoms with E-state index in [4.69, 9.17) is 4.42 Å². The number of carbonyl (C=O) groups is 1. The second kappa shape index (κ2) is 9.78. The first-order valence-corrected chi connectivity index (χ1v) is 11.5. The van der Waals surface area contributed by atoms with Gasteiger partial charge in [0.1, 0.15) is 5.76 Å². The lowest BCUT2D eigenvalue weighted by atomic mass is 10.2. The van der Waals surface area contributed by atoms with Gasteiger partial charge >= 0.3 is 0 Å². The van der Waals surface area contributed by atoms with Gasteiger partial charge in [-0.15, -0.1) is 11.8 Å². The van der Waals surface area contributed by atoms with Crippen LogP contribution in [0.15, 0.2) is 81.1 Å². The number of thioether (sulfide) groups is 1. The highest BCUT2D eigenvalue weighted by atomic mass is 32.2. The Morgan fingerprint density at radius 2 is 1.76 bits per heavy atom. The maximum Gasteiger partial charge on any atom is 0.251 e. The van der Waals surface area contributed by atoms with Gasteiger partial charge in [0.25, 0.3) is 5.91 Å². The minimum atomic E-state index is -3.68. The van der Waals surface area contributed by atoms with Gasteiger partial charge in [-0.1, -0.05) is 17.7 Å². The molecule has 1 heterocycles. The third kappa shape index (κ3) is 6.22. The summed E-state index contributed by atoms with van der Waals surface area (Å²) in [6, 6.07) is 17.4. The quantitative estimate of drug-likeness (QED) is 0.400. The second-order valence-electron chi connectivity index (χ2n) is 6.35. The van der Waals surface area contributed by atoms with Crippen molar-refractivity contribution in [3.63, 3.8) is 0 Å². The lowest BCUT2D eigenvalue weighted by Gasteiger charge is -2.08. The van der Waals surface area contributed by atoms with Crippen molar-refractivity contribution in [1.82, 2.24) is 10.0 Å². The highest BCUT2D eigenvalue weighted by Gasteiger charge is 2.15. The van der Waals surface area contributed by atoms with Gasteiger partial charge in [-0.05, 0) is 55.5 Å². The number of rotatable bonds is 9. The smallest absolute Gasteiger partial charge is 0.251 e. The molecule has 0 saturated carbocycles. The summed E-state index contributed by atoms with van der Waals surface area (Å²) in [7, 11) is -3.68. The molecule has 0 unspecified atom stereocenters. The molecule has 1 aromatic heterocycles. The van der Waals surface area contributed by atoms with E-state index in [0.717, 1.165) is 10.6 Å². The topological polar surface area (TPSA) is 88.4 Å². The molecule has 0 fully saturated rings. The number of hydrogen-bond donors (Lipinski definition) is 2. The van der Waals surface area contributed by atoms with Crippen LogP contribution in [-0.4, -0.2) is 26.6 Å². The molecule has 0 saturated heterocycles. The molecule has 2 N–H and O–H groups in total. The lowest BCUT2D eigenvalue weighted by Crippen LogP contribution is -2.26. The summed E-state index contributed by atoms with van der Waals surface area (Å²) in [4.78, 5) is 13.5. The second-order valence-corrected chi connectivity index (χ2v) is 9.28. The predicted molar refractivity (Wildman–Crippen MR) is 113 cm³/mol. The van der Waals surface area contributed by atoms with Crippen molar-refractivity contribution in [3.8, 4) is 0 Å². The van der Waals surface area contributed by atoms with Crippen LogP contribution in [0, 0.1) is 6.92 Å². The number of sulfonamides is 1. The molecule has 0 aliphatic rings. The third-order valence-corrected chi connectivity index (χ3v) is 6.55. The number of amides is 1. The molecular weight excluding hydrogens is 408 g/mol. The van der Waals surface area contributed by atoms with Crippen molar-refractivity contribution in [2.75, 3.05) is 12.3 Å². The summed E-state index contributed by atoms with van der Waals surface area (Å²) < 4.78 is 32.2. The summed E-state index contributed by atoms with van der Waals surface area (Å²) in [6.07, 6.45) is 1.48. The molecule has 8 heteroatoms. The Morgan fingerprint density at radius 3 is 2.41 bits per heavy atom. The first-order chi connectivity index (χ1) is 13.9. The Morgan fingerprint density at radius 1 is 1.03 bits per heavy atom. The standard InChI is InChI=1S/C21H22N2O4S2/c1-16-4-8-19(9-5-16)28-14-12-22-21(24)17-6-10-20(11-7-17)29(25,26)23-15-18-3-2-13-27-18/h2-11,13,23H,12,14-15H2,1H3,(H,22,24). The van der Waals surface area contributed by atoms with Crippen molar-refractivity contribution in [1.29, 1.82) is 0 Å². The fraction of sp³-hybridized carbons (Fsp3) is 0.190. The van der Waals surface area contributed by atoms with E-state index in [9.17, 15) is 13.2 Å². The minimum Gasteiger partial charge on any atom is -0.468 e. The average Bonchev–Trinajstić information content (AvgIpc) is 3.25. The van der Waals surface area contributed by atoms with E-state index in [1.807, 2.05) is 6.92 Å². The van der Waals surface area contributed by atoms with Gasteiger partial charge in [0.05, 0.1) is 17.7 Å². The summed E-state index contributed by atoms with van der Waals surface area (Å²) >= 11 is 1.67. The molecule has 0 bridgehead atoms. The summed E-state index contributed by atoms with van der Waals surface area (Å²) in [5, 5.41) is 2.85. The van der Waals surface area contributed by atoms with Crippen molar-refractivity contribution in [2.45, 2.75) is 23.3 Å². The van der Waals surface area contributed by atoms with Crippen LogP contribution >= 0.6 is 11.8 Å². The van der Waals surface area contributed by atoms with E-state index in [0.29, 0.717) is 17.9 Å². The van der Waals surface area contributed by atoms with Crippen LogP contribution in [0.4, 0.5) is 0 Å². The van der Waals surface area contributed by atoms with Crippen LogP contribution in [0.5, 0.6) is 0 Å². The van der Waals surface area contributed by atoms with Crippen molar-refractivity contribution in [3.05, 3.63) is 83.8 Å². The first kappa shape index (κ1) is 21.2. The summed E-state index contributed by atoms with van der Waals surface area (Å²) in [5.41, 5.74) is 1.62. The Hall–Kier alpha value is -2.55. The molecular formula is C21H22N2O4S2. The van der Waals surface area contributed by atoms with Crippen molar-refractivity contribution >= 4 is 27.7 Å². The number of nitrogens with one attached hydrogen (secondary N) is 2. The number of aryl methyl sites for hydroxylation is 1. The van der Waals surface area contributed by atoms with Gasteiger partial charge in [-0.2, -0.15) is 0 Å². The SMILES string of the molecule is Cc1ccc(SCCNC(=O)c2ccc(S(=O)(=O)NCc3ccco3)cc2)cc1. The zero-order valence-corrected chi connectivity index (χ0v) is 17.6. The first-order valence-electron chi connectivity index (χ1n) is 9.04. The molecule has 3 aromatic rings. The highest BCUT2D eigenvalue weighted by molar-refractivity contribution is 7.99. The van der Waals surface area contributed by atoms with Crippen LogP contribution in [0.2, 0.25) is 0 Å². The van der Waals surface area contributed by atoms with Gasteiger partial charge in [0.2, 0.25) is 10.0 Å². The van der Waals surface area contributed by atoms with Gasteiger partial charge in [0, 0.05) is 22.8 Å². The Bertz CT molecular complexity index is 1030. The molecule has 0 atom stereocenters. The Balaban J connectivity index is 1.48. The fourth-order valence-corrected chi connectivity index (χ4v) is 4.28. The zero-order valence-electron chi connectivity index (χ0n) is 15.9. The minimum absolute atomic E-state index is 0.0657. The van der Waals surface area contributed by atoms with Gasteiger partial charge in [-0.25, -0.2) is 13.1 Å². The molecule has 0 aliphatic heterocycles. The third-order valence-electron chi connectivity index (χ3n) is 4.12. The molecule has 152 valence electrons. The Kier molecular flexibility index (Phi) is 7.13. The molecule has 6 nitrogen and oxygen atoms in total.